The fraction of sp³-hybridized carbons (Fsp3) is 0.608. The SMILES string of the molecule is CCn1c(-c2cc(N3CCN(C)CC3)cnc2[C@H](C)OC)c2c3cc(ccc31)-c1csc(n1)C[C@H](NC(=O)[C@H](C1CCCC1)N(C)C(=O)N(C)C)C(=O)N1CCCC(C)(N1)C(=O)OCC(C)(C)C2. The first-order valence-corrected chi connectivity index (χ1v) is 25.4. The number of methoxy groups -OCH3 is 1. The highest BCUT2D eigenvalue weighted by Crippen LogP contribution is 2.43. The predicted molar refractivity (Wildman–Crippen MR) is 266 cm³/mol. The summed E-state index contributed by atoms with van der Waals surface area (Å²) in [5.74, 6) is -1.25. The smallest absolute Gasteiger partial charge is 0.327 e. The van der Waals surface area contributed by atoms with Gasteiger partial charge in [0, 0.05) is 107 Å². The molecule has 6 heterocycles. The van der Waals surface area contributed by atoms with E-state index in [1.54, 1.807) is 35.2 Å². The molecule has 368 valence electrons. The molecule has 2 saturated heterocycles. The summed E-state index contributed by atoms with van der Waals surface area (Å²) in [7, 11) is 8.89. The Morgan fingerprint density at radius 3 is 2.47 bits per heavy atom. The zero-order chi connectivity index (χ0) is 48.7. The molecule has 6 bridgehead atoms. The fourth-order valence-electron chi connectivity index (χ4n) is 10.8. The Kier molecular flexibility index (Phi) is 14.6. The van der Waals surface area contributed by atoms with Crippen LogP contribution in [-0.4, -0.2) is 150 Å². The second kappa shape index (κ2) is 20.1. The first kappa shape index (κ1) is 49.3. The summed E-state index contributed by atoms with van der Waals surface area (Å²) in [5, 5.41) is 8.35. The highest BCUT2D eigenvalue weighted by molar-refractivity contribution is 7.10. The number of cyclic esters (lactones) is 1. The van der Waals surface area contributed by atoms with Crippen LogP contribution in [0.4, 0.5) is 10.5 Å². The number of carbonyl (C=O) groups excluding carboxylic acids is 4. The Balaban J connectivity index is 1.24. The number of thiazole rings is 1. The van der Waals surface area contributed by atoms with Crippen LogP contribution in [0.3, 0.4) is 0 Å². The highest BCUT2D eigenvalue weighted by atomic mass is 32.1. The third-order valence-electron chi connectivity index (χ3n) is 14.7. The van der Waals surface area contributed by atoms with E-state index in [1.807, 2.05) is 18.5 Å². The van der Waals surface area contributed by atoms with Gasteiger partial charge in [-0.3, -0.25) is 19.6 Å². The molecule has 3 aromatic heterocycles. The van der Waals surface area contributed by atoms with Crippen molar-refractivity contribution in [2.24, 2.45) is 11.3 Å². The Labute approximate surface area is 405 Å². The number of hydrazine groups is 1. The molecule has 3 fully saturated rings. The zero-order valence-corrected chi connectivity index (χ0v) is 42.6. The second-order valence-electron chi connectivity index (χ2n) is 20.7. The molecule has 4 atom stereocenters. The number of benzene rings is 1. The maximum Gasteiger partial charge on any atom is 0.327 e. The van der Waals surface area contributed by atoms with Gasteiger partial charge in [0.1, 0.15) is 17.6 Å². The molecule has 16 nitrogen and oxygen atoms in total. The van der Waals surface area contributed by atoms with Gasteiger partial charge in [-0.1, -0.05) is 32.8 Å². The summed E-state index contributed by atoms with van der Waals surface area (Å²) in [5.41, 5.74) is 9.42. The van der Waals surface area contributed by atoms with Crippen molar-refractivity contribution in [2.45, 2.75) is 116 Å². The monoisotopic (exact) mass is 953 g/mol. The number of fused-ring (bicyclic) bond motifs is 6. The quantitative estimate of drug-likeness (QED) is 0.176. The number of rotatable bonds is 9. The molecule has 1 saturated carbocycles. The van der Waals surface area contributed by atoms with Gasteiger partial charge in [-0.05, 0) is 89.6 Å². The van der Waals surface area contributed by atoms with E-state index in [4.69, 9.17) is 19.4 Å². The maximum absolute atomic E-state index is 14.8. The zero-order valence-electron chi connectivity index (χ0n) is 41.8. The van der Waals surface area contributed by atoms with Crippen LogP contribution < -0.4 is 15.6 Å². The van der Waals surface area contributed by atoms with Gasteiger partial charge in [0.15, 0.2) is 0 Å². The summed E-state index contributed by atoms with van der Waals surface area (Å²) < 4.78 is 14.7. The van der Waals surface area contributed by atoms with Crippen LogP contribution in [0.15, 0.2) is 35.8 Å². The third kappa shape index (κ3) is 9.99. The summed E-state index contributed by atoms with van der Waals surface area (Å²) in [6, 6.07) is 6.70. The van der Waals surface area contributed by atoms with E-state index in [0.717, 1.165) is 102 Å². The summed E-state index contributed by atoms with van der Waals surface area (Å²) in [4.78, 5) is 75.1. The lowest BCUT2D eigenvalue weighted by Gasteiger charge is -2.41. The number of nitrogens with zero attached hydrogens (tertiary/aromatic N) is 8. The van der Waals surface area contributed by atoms with Crippen LogP contribution in [0.5, 0.6) is 0 Å². The number of pyridine rings is 1. The average molecular weight is 953 g/mol. The van der Waals surface area contributed by atoms with Crippen molar-refractivity contribution in [1.29, 1.82) is 0 Å². The van der Waals surface area contributed by atoms with Gasteiger partial charge in [0.05, 0.1) is 46.7 Å². The van der Waals surface area contributed by atoms with Gasteiger partial charge < -0.3 is 39.0 Å². The van der Waals surface area contributed by atoms with E-state index in [9.17, 15) is 19.2 Å². The summed E-state index contributed by atoms with van der Waals surface area (Å²) >= 11 is 1.45. The lowest BCUT2D eigenvalue weighted by Crippen LogP contribution is -2.66. The number of hydrogen-bond donors (Lipinski definition) is 2. The second-order valence-corrected chi connectivity index (χ2v) is 21.7. The normalized spacial score (nSPS) is 22.7. The Morgan fingerprint density at radius 1 is 1.04 bits per heavy atom. The van der Waals surface area contributed by atoms with Crippen LogP contribution in [-0.2, 0) is 43.2 Å². The van der Waals surface area contributed by atoms with E-state index < -0.39 is 29.0 Å². The number of esters is 1. The molecule has 8 rings (SSSR count). The van der Waals surface area contributed by atoms with Crippen LogP contribution in [0.25, 0.3) is 33.4 Å². The number of aryl methyl sites for hydroxylation is 1. The van der Waals surface area contributed by atoms with Crippen molar-refractivity contribution in [3.05, 3.63) is 52.1 Å². The molecule has 1 aromatic carbocycles. The molecule has 2 N–H and O–H groups in total. The molecule has 0 spiro atoms. The number of nitrogens with one attached hydrogen (secondary N) is 2. The molecular weight excluding hydrogens is 881 g/mol. The van der Waals surface area contributed by atoms with Gasteiger partial charge >= 0.3 is 12.0 Å². The maximum atomic E-state index is 14.8. The van der Waals surface area contributed by atoms with Gasteiger partial charge in [-0.25, -0.2) is 20.0 Å². The van der Waals surface area contributed by atoms with Crippen LogP contribution in [0.2, 0.25) is 0 Å². The fourth-order valence-corrected chi connectivity index (χ4v) is 11.6. The minimum Gasteiger partial charge on any atom is -0.464 e. The van der Waals surface area contributed by atoms with Crippen molar-refractivity contribution in [2.75, 3.05) is 79.5 Å². The Bertz CT molecular complexity index is 2510. The molecule has 17 heteroatoms. The standard InChI is InChI=1S/C51H72N10O6S/c1-11-60-41-18-17-34-25-36(41)38(45(60)37-26-35(29-52-43(37)32(2)66-10)59-23-21-57(8)22-24-59)28-50(3,4)31-67-48(64)51(5)19-14-20-61(55-51)47(63)39(27-42-53-40(34)30-68-42)54-46(62)44(33-15-12-13-16-33)58(9)49(65)56(6)7/h17-18,25-26,29-30,32-33,39,44,55H,11-16,19-24,27-28,31H2,1-10H3,(H,54,62)/t32-,39-,44-,51?/m0/s1. The Hall–Kier alpha value is -5.10. The molecule has 4 aliphatic rings. The van der Waals surface area contributed by atoms with E-state index >= 15 is 0 Å². The average Bonchev–Trinajstić information content (AvgIpc) is 4.10. The van der Waals surface area contributed by atoms with Crippen molar-refractivity contribution >= 4 is 51.7 Å². The van der Waals surface area contributed by atoms with Crippen molar-refractivity contribution in [3.8, 4) is 22.5 Å². The third-order valence-corrected chi connectivity index (χ3v) is 15.6. The van der Waals surface area contributed by atoms with Crippen molar-refractivity contribution in [3.63, 3.8) is 0 Å². The number of carbonyl (C=O) groups is 4. The number of piperazine rings is 1. The first-order chi connectivity index (χ1) is 32.4. The van der Waals surface area contributed by atoms with Gasteiger partial charge in [-0.15, -0.1) is 11.3 Å². The number of anilines is 1. The Morgan fingerprint density at radius 2 is 1.78 bits per heavy atom. The van der Waals surface area contributed by atoms with Crippen LogP contribution in [0, 0.1) is 11.3 Å². The number of amides is 4. The van der Waals surface area contributed by atoms with Gasteiger partial charge in [0.2, 0.25) is 5.91 Å². The molecule has 4 amide bonds. The van der Waals surface area contributed by atoms with E-state index in [0.29, 0.717) is 37.4 Å². The number of urea groups is 1. The number of ether oxygens (including phenoxy) is 2. The molecule has 1 aliphatic carbocycles. The predicted octanol–water partition coefficient (Wildman–Crippen LogP) is 6.52. The van der Waals surface area contributed by atoms with Crippen molar-refractivity contribution in [1.82, 2.24) is 45.0 Å². The largest absolute Gasteiger partial charge is 0.464 e. The van der Waals surface area contributed by atoms with Gasteiger partial charge in [0.25, 0.3) is 5.91 Å². The van der Waals surface area contributed by atoms with Crippen LogP contribution in [0.1, 0.15) is 95.5 Å². The lowest BCUT2D eigenvalue weighted by molar-refractivity contribution is -0.162. The highest BCUT2D eigenvalue weighted by Gasteiger charge is 2.44. The molecule has 68 heavy (non-hydrogen) atoms. The molecule has 1 unspecified atom stereocenters. The summed E-state index contributed by atoms with van der Waals surface area (Å²) in [6.07, 6.45) is 6.97. The van der Waals surface area contributed by atoms with E-state index in [1.165, 1.54) is 26.1 Å². The minimum absolute atomic E-state index is 0.0462. The molecule has 4 aromatic rings. The summed E-state index contributed by atoms with van der Waals surface area (Å²) in [6.45, 7) is 15.2. The first-order valence-electron chi connectivity index (χ1n) is 24.5. The van der Waals surface area contributed by atoms with Crippen molar-refractivity contribution < 1.29 is 28.7 Å². The molecule has 0 radical (unpaired) electrons. The molecular formula is C51H72N10O6S. The molecule has 3 aliphatic heterocycles. The van der Waals surface area contributed by atoms with Gasteiger partial charge in [-0.2, -0.15) is 0 Å². The number of hydrogen-bond acceptors (Lipinski definition) is 12. The lowest BCUT2D eigenvalue weighted by atomic mass is 9.84. The van der Waals surface area contributed by atoms with E-state index in [-0.39, 0.29) is 42.9 Å². The van der Waals surface area contributed by atoms with E-state index in [2.05, 4.69) is 77.2 Å². The number of aromatic nitrogens is 3. The number of likely N-dealkylation sites (N-methyl/N-ethyl adjacent to an activating group) is 2. The minimum atomic E-state index is -1.21. The topological polar surface area (TPSA) is 158 Å². The van der Waals surface area contributed by atoms with Crippen LogP contribution >= 0.6 is 11.3 Å².